The van der Waals surface area contributed by atoms with Crippen LogP contribution in [0.5, 0.6) is 0 Å². The van der Waals surface area contributed by atoms with Gasteiger partial charge in [-0.15, -0.1) is 0 Å². The first kappa shape index (κ1) is 29.3. The number of rotatable bonds is 7. The minimum Gasteiger partial charge on any atom is -0.404 e. The lowest BCUT2D eigenvalue weighted by molar-refractivity contribution is -0.348. The highest BCUT2D eigenvalue weighted by Gasteiger charge is 2.73. The largest absolute Gasteiger partial charge is 0.435 e. The second-order valence-electron chi connectivity index (χ2n) is 8.94. The third-order valence-corrected chi connectivity index (χ3v) is 6.72. The van der Waals surface area contributed by atoms with Crippen LogP contribution >= 0.6 is 23.2 Å². The number of aryl methyl sites for hydroxylation is 1. The first-order valence-electron chi connectivity index (χ1n) is 10.8. The number of alkyl halides is 7. The zero-order valence-corrected chi connectivity index (χ0v) is 21.2. The number of aliphatic hydroxyl groups is 1. The molecular weight excluding hydrogens is 552 g/mol. The van der Waals surface area contributed by atoms with Crippen molar-refractivity contribution in [2.24, 2.45) is 17.8 Å². The predicted octanol–water partition coefficient (Wildman–Crippen LogP) is 6.55. The SMILES string of the molecule is Cc1cc(C(F)(C(F)(F)F)C(F)(F)F)cc(Cl)c1N=CC(=CN)c1cc(C(C)(O)NC2CC2)n(C)c1Cl. The van der Waals surface area contributed by atoms with Gasteiger partial charge in [-0.3, -0.25) is 10.3 Å². The van der Waals surface area contributed by atoms with Gasteiger partial charge in [-0.05, 0) is 50.5 Å². The Labute approximate surface area is 217 Å². The average Bonchev–Trinajstić information content (AvgIpc) is 3.51. The summed E-state index contributed by atoms with van der Waals surface area (Å²) in [5.41, 5.74) is -2.55. The monoisotopic (exact) mass is 574 g/mol. The molecule has 5 nitrogen and oxygen atoms in total. The third-order valence-electron chi connectivity index (χ3n) is 5.98. The zero-order valence-electron chi connectivity index (χ0n) is 19.7. The highest BCUT2D eigenvalue weighted by molar-refractivity contribution is 6.34. The molecule has 3 rings (SSSR count). The van der Waals surface area contributed by atoms with E-state index >= 15 is 0 Å². The molecule has 0 amide bonds. The van der Waals surface area contributed by atoms with Gasteiger partial charge < -0.3 is 15.4 Å². The number of benzene rings is 1. The van der Waals surface area contributed by atoms with E-state index in [0.717, 1.165) is 32.2 Å². The van der Waals surface area contributed by atoms with E-state index in [1.807, 2.05) is 0 Å². The summed E-state index contributed by atoms with van der Waals surface area (Å²) in [6.07, 6.45) is -8.46. The van der Waals surface area contributed by atoms with E-state index in [1.54, 1.807) is 20.0 Å². The van der Waals surface area contributed by atoms with Crippen LogP contribution in [0.2, 0.25) is 10.2 Å². The lowest BCUT2D eigenvalue weighted by atomic mass is 9.92. The Morgan fingerprint density at radius 2 is 1.68 bits per heavy atom. The van der Waals surface area contributed by atoms with Gasteiger partial charge in [0.1, 0.15) is 5.15 Å². The molecule has 0 spiro atoms. The van der Waals surface area contributed by atoms with Crippen molar-refractivity contribution in [2.45, 2.75) is 56.5 Å². The Bertz CT molecular complexity index is 1210. The minimum absolute atomic E-state index is 0.157. The predicted molar refractivity (Wildman–Crippen MR) is 128 cm³/mol. The van der Waals surface area contributed by atoms with Gasteiger partial charge in [0.25, 0.3) is 0 Å². The zero-order chi connectivity index (χ0) is 28.1. The fourth-order valence-corrected chi connectivity index (χ4v) is 4.44. The fourth-order valence-electron chi connectivity index (χ4n) is 3.87. The summed E-state index contributed by atoms with van der Waals surface area (Å²) in [5.74, 6) is 0. The number of hydrogen-bond donors (Lipinski definition) is 3. The Morgan fingerprint density at radius 3 is 2.14 bits per heavy atom. The van der Waals surface area contributed by atoms with E-state index in [4.69, 9.17) is 28.9 Å². The molecule has 204 valence electrons. The van der Waals surface area contributed by atoms with Crippen LogP contribution in [-0.4, -0.2) is 34.3 Å². The molecule has 2 aromatic rings. The molecule has 1 fully saturated rings. The lowest BCUT2D eigenvalue weighted by Gasteiger charge is -2.30. The van der Waals surface area contributed by atoms with Crippen LogP contribution in [0, 0.1) is 6.92 Å². The number of nitrogens with zero attached hydrogens (tertiary/aromatic N) is 2. The van der Waals surface area contributed by atoms with Crippen LogP contribution < -0.4 is 11.1 Å². The fraction of sp³-hybridized carbons (Fsp3) is 0.435. The molecule has 1 atom stereocenters. The molecular formula is C23H23Cl2F7N4O. The molecule has 4 N–H and O–H groups in total. The molecule has 1 aromatic carbocycles. The second-order valence-corrected chi connectivity index (χ2v) is 9.71. The molecule has 37 heavy (non-hydrogen) atoms. The van der Waals surface area contributed by atoms with Crippen molar-refractivity contribution in [3.8, 4) is 0 Å². The van der Waals surface area contributed by atoms with Crippen molar-refractivity contribution in [3.05, 3.63) is 57.0 Å². The van der Waals surface area contributed by atoms with Crippen molar-refractivity contribution in [1.82, 2.24) is 9.88 Å². The van der Waals surface area contributed by atoms with Crippen LogP contribution in [0.1, 0.15) is 42.1 Å². The Balaban J connectivity index is 1.99. The van der Waals surface area contributed by atoms with E-state index < -0.39 is 34.3 Å². The van der Waals surface area contributed by atoms with Crippen molar-refractivity contribution < 1.29 is 35.8 Å². The van der Waals surface area contributed by atoms with E-state index in [9.17, 15) is 35.8 Å². The van der Waals surface area contributed by atoms with E-state index in [-0.39, 0.29) is 34.1 Å². The van der Waals surface area contributed by atoms with Crippen molar-refractivity contribution in [2.75, 3.05) is 0 Å². The minimum atomic E-state index is -6.28. The number of aromatic nitrogens is 1. The molecule has 1 heterocycles. The molecule has 0 bridgehead atoms. The molecule has 1 unspecified atom stereocenters. The van der Waals surface area contributed by atoms with Gasteiger partial charge in [0.15, 0.2) is 5.72 Å². The van der Waals surface area contributed by atoms with Gasteiger partial charge in [-0.2, -0.15) is 26.3 Å². The highest BCUT2D eigenvalue weighted by Crippen LogP contribution is 2.54. The lowest BCUT2D eigenvalue weighted by Crippen LogP contribution is -2.50. The van der Waals surface area contributed by atoms with Crippen molar-refractivity contribution in [1.29, 1.82) is 0 Å². The number of nitrogens with one attached hydrogen (secondary N) is 1. The first-order valence-corrected chi connectivity index (χ1v) is 11.6. The molecule has 1 aliphatic rings. The van der Waals surface area contributed by atoms with Gasteiger partial charge in [0.2, 0.25) is 0 Å². The first-order chi connectivity index (χ1) is 16.8. The van der Waals surface area contributed by atoms with E-state index in [0.29, 0.717) is 17.3 Å². The van der Waals surface area contributed by atoms with Gasteiger partial charge in [-0.25, -0.2) is 4.39 Å². The quantitative estimate of drug-likeness (QED) is 0.199. The summed E-state index contributed by atoms with van der Waals surface area (Å²) in [4.78, 5) is 4.06. The topological polar surface area (TPSA) is 75.6 Å². The summed E-state index contributed by atoms with van der Waals surface area (Å²) in [6, 6.07) is 2.34. The number of allylic oxidation sites excluding steroid dienone is 1. The van der Waals surface area contributed by atoms with Gasteiger partial charge in [-0.1, -0.05) is 23.2 Å². The summed E-state index contributed by atoms with van der Waals surface area (Å²) in [6.45, 7) is 2.69. The summed E-state index contributed by atoms with van der Waals surface area (Å²) in [7, 11) is 1.61. The highest BCUT2D eigenvalue weighted by atomic mass is 35.5. The number of halogens is 9. The van der Waals surface area contributed by atoms with Crippen LogP contribution in [0.4, 0.5) is 36.4 Å². The summed E-state index contributed by atoms with van der Waals surface area (Å²) < 4.78 is 94.8. The van der Waals surface area contributed by atoms with Crippen molar-refractivity contribution in [3.63, 3.8) is 0 Å². The molecule has 0 aliphatic heterocycles. The van der Waals surface area contributed by atoms with E-state index in [2.05, 4.69) is 10.3 Å². The Kier molecular flexibility index (Phi) is 7.75. The van der Waals surface area contributed by atoms with Gasteiger partial charge in [0.05, 0.1) is 16.4 Å². The third kappa shape index (κ3) is 5.47. The normalized spacial score (nSPS) is 17.5. The number of aliphatic imine (C=N–C) groups is 1. The van der Waals surface area contributed by atoms with Crippen LogP contribution in [0.25, 0.3) is 5.57 Å². The van der Waals surface area contributed by atoms with Crippen LogP contribution in [0.15, 0.2) is 29.4 Å². The van der Waals surface area contributed by atoms with Crippen LogP contribution in [0.3, 0.4) is 0 Å². The molecule has 1 saturated carbocycles. The Hall–Kier alpha value is -2.28. The molecule has 14 heteroatoms. The maximum Gasteiger partial charge on any atom is 0.435 e. The standard InChI is InChI=1S/C23H23Cl2F7N4O/c1-11-6-13(21(26,22(27,28)29)23(30,31)32)7-16(24)18(11)34-10-12(9-33)15-8-17(36(3)19(15)25)20(2,37)35-14-4-5-14/h6-10,14,35,37H,4-5,33H2,1-3H3. The summed E-state index contributed by atoms with van der Waals surface area (Å²) >= 11 is 12.4. The smallest absolute Gasteiger partial charge is 0.404 e. The Morgan fingerprint density at radius 1 is 1.11 bits per heavy atom. The molecule has 0 radical (unpaired) electrons. The maximum absolute atomic E-state index is 14.5. The number of nitrogens with two attached hydrogens (primary N) is 1. The average molecular weight is 575 g/mol. The van der Waals surface area contributed by atoms with Crippen LogP contribution in [-0.2, 0) is 18.4 Å². The molecule has 0 saturated heterocycles. The number of hydrogen-bond acceptors (Lipinski definition) is 4. The second kappa shape index (κ2) is 9.79. The van der Waals surface area contributed by atoms with Gasteiger partial charge >= 0.3 is 18.0 Å². The summed E-state index contributed by atoms with van der Waals surface area (Å²) in [5, 5.41) is 13.5. The van der Waals surface area contributed by atoms with Gasteiger partial charge in [0, 0.05) is 42.2 Å². The van der Waals surface area contributed by atoms with E-state index in [1.165, 1.54) is 4.57 Å². The molecule has 1 aliphatic carbocycles. The molecule has 1 aromatic heterocycles. The van der Waals surface area contributed by atoms with Crippen molar-refractivity contribution >= 4 is 40.7 Å². The maximum atomic E-state index is 14.5.